The number of nitrogens with zero attached hydrogens (tertiary/aromatic N) is 1. The topological polar surface area (TPSA) is 78.6 Å². The van der Waals surface area contributed by atoms with Crippen LogP contribution >= 0.6 is 0 Å². The average Bonchev–Trinajstić information content (AvgIpc) is 2.56. The van der Waals surface area contributed by atoms with Crippen molar-refractivity contribution in [3.63, 3.8) is 0 Å². The van der Waals surface area contributed by atoms with Crippen molar-refractivity contribution in [2.24, 2.45) is 0 Å². The van der Waals surface area contributed by atoms with Gasteiger partial charge in [-0.15, -0.1) is 0 Å². The van der Waals surface area contributed by atoms with Gasteiger partial charge in [-0.25, -0.2) is 4.79 Å². The third kappa shape index (κ3) is 3.09. The Balaban J connectivity index is 2.39. The second kappa shape index (κ2) is 3.69. The average molecular weight is 216 g/mol. The van der Waals surface area contributed by atoms with Crippen molar-refractivity contribution >= 4 is 12.1 Å². The first-order valence-electron chi connectivity index (χ1n) is 4.73. The smallest absolute Gasteiger partial charge is 0.422 e. The molecule has 1 amide bonds. The highest BCUT2D eigenvalue weighted by Gasteiger charge is 2.51. The summed E-state index contributed by atoms with van der Waals surface area (Å²) in [4.78, 5) is 21.9. The molecule has 1 fully saturated rings. The van der Waals surface area contributed by atoms with Crippen LogP contribution in [0.2, 0.25) is 0 Å². The molecule has 1 aliphatic rings. The predicted octanol–water partition coefficient (Wildman–Crippen LogP) is 0.583. The zero-order valence-electron chi connectivity index (χ0n) is 9.27. The number of hydrogen-bond donors (Lipinski definition) is 2. The summed E-state index contributed by atoms with van der Waals surface area (Å²) < 4.78 is 4.98. The van der Waals surface area contributed by atoms with Crippen LogP contribution in [0.5, 0.6) is 0 Å². The lowest BCUT2D eigenvalue weighted by Crippen LogP contribution is -2.37. The molecule has 1 unspecified atom stereocenters. The lowest BCUT2D eigenvalue weighted by molar-refractivity contribution is -0.137. The van der Waals surface area contributed by atoms with Gasteiger partial charge in [-0.3, -0.25) is 10.2 Å². The van der Waals surface area contributed by atoms with Gasteiger partial charge in [0.05, 0.1) is 6.04 Å². The normalized spacial score (nSPS) is 29.5. The first-order valence-corrected chi connectivity index (χ1v) is 4.73. The Bertz CT molecular complexity index is 284. The van der Waals surface area contributed by atoms with Crippen LogP contribution in [0.4, 0.5) is 4.79 Å². The molecule has 0 spiro atoms. The van der Waals surface area contributed by atoms with Crippen LogP contribution in [-0.2, 0) is 9.53 Å². The Morgan fingerprint density at radius 2 is 1.93 bits per heavy atom. The van der Waals surface area contributed by atoms with Gasteiger partial charge >= 0.3 is 12.1 Å². The highest BCUT2D eigenvalue weighted by molar-refractivity contribution is 5.79. The molecule has 0 radical (unpaired) electrons. The first-order chi connectivity index (χ1) is 6.72. The Morgan fingerprint density at radius 1 is 1.40 bits per heavy atom. The Kier molecular flexibility index (Phi) is 2.90. The monoisotopic (exact) mass is 216 g/mol. The van der Waals surface area contributed by atoms with Crippen LogP contribution in [0, 0.1) is 0 Å². The molecule has 6 nitrogen and oxygen atoms in total. The van der Waals surface area contributed by atoms with E-state index in [1.54, 1.807) is 27.7 Å². The van der Waals surface area contributed by atoms with Crippen molar-refractivity contribution in [3.05, 3.63) is 0 Å². The number of carboxylic acid groups (broad SMARTS) is 1. The maximum atomic E-state index is 11.3. The molecule has 1 saturated heterocycles. The van der Waals surface area contributed by atoms with Gasteiger partial charge in [0.2, 0.25) is 0 Å². The van der Waals surface area contributed by atoms with Gasteiger partial charge in [-0.05, 0) is 27.7 Å². The van der Waals surface area contributed by atoms with Crippen LogP contribution in [0.1, 0.15) is 27.7 Å². The molecule has 1 heterocycles. The van der Waals surface area contributed by atoms with E-state index in [-0.39, 0.29) is 6.04 Å². The maximum Gasteiger partial charge on any atom is 0.422 e. The minimum absolute atomic E-state index is 0.185. The second-order valence-corrected chi connectivity index (χ2v) is 4.54. The molecular weight excluding hydrogens is 200 g/mol. The highest BCUT2D eigenvalue weighted by Crippen LogP contribution is 2.24. The number of rotatable bonds is 2. The van der Waals surface area contributed by atoms with E-state index >= 15 is 0 Å². The number of aliphatic carboxylic acids is 1. The van der Waals surface area contributed by atoms with E-state index in [4.69, 9.17) is 9.84 Å². The quantitative estimate of drug-likeness (QED) is 0.660. The van der Waals surface area contributed by atoms with Crippen LogP contribution in [-0.4, -0.2) is 39.9 Å². The number of hydrazine groups is 1. The number of carbonyl (C=O) groups is 2. The summed E-state index contributed by atoms with van der Waals surface area (Å²) in [5, 5.41) is 10.0. The van der Waals surface area contributed by atoms with Crippen molar-refractivity contribution in [2.45, 2.75) is 45.4 Å². The number of amides is 1. The van der Waals surface area contributed by atoms with E-state index in [1.807, 2.05) is 0 Å². The van der Waals surface area contributed by atoms with Gasteiger partial charge in [-0.2, -0.15) is 5.01 Å². The standard InChI is InChI=1S/C9H16N2O4/c1-5-6(7(12)13)11(5)10-8(14)15-9(2,3)4/h5-6H,1-4H3,(H,10,14)(H,12,13)/t5-,6-,11?/m0/s1. The van der Waals surface area contributed by atoms with Crippen LogP contribution < -0.4 is 5.43 Å². The van der Waals surface area contributed by atoms with Gasteiger partial charge in [0.15, 0.2) is 0 Å². The number of hydrogen-bond acceptors (Lipinski definition) is 4. The Hall–Kier alpha value is -1.30. The van der Waals surface area contributed by atoms with Crippen molar-refractivity contribution in [1.82, 2.24) is 10.4 Å². The molecule has 1 aliphatic heterocycles. The lowest BCUT2D eigenvalue weighted by Gasteiger charge is -2.19. The van der Waals surface area contributed by atoms with Gasteiger partial charge in [0.25, 0.3) is 0 Å². The van der Waals surface area contributed by atoms with Gasteiger partial charge in [-0.1, -0.05) is 0 Å². The minimum Gasteiger partial charge on any atom is -0.480 e. The fraction of sp³-hybridized carbons (Fsp3) is 0.778. The maximum absolute atomic E-state index is 11.3. The predicted molar refractivity (Wildman–Crippen MR) is 52.1 cm³/mol. The van der Waals surface area contributed by atoms with Crippen molar-refractivity contribution < 1.29 is 19.4 Å². The molecule has 2 N–H and O–H groups in total. The van der Waals surface area contributed by atoms with Crippen LogP contribution in [0.3, 0.4) is 0 Å². The summed E-state index contributed by atoms with van der Waals surface area (Å²) in [5.74, 6) is -0.946. The fourth-order valence-corrected chi connectivity index (χ4v) is 1.25. The number of carbonyl (C=O) groups excluding carboxylic acids is 1. The summed E-state index contributed by atoms with van der Waals surface area (Å²) in [6, 6.07) is -0.826. The molecule has 3 atom stereocenters. The molecule has 15 heavy (non-hydrogen) atoms. The van der Waals surface area contributed by atoms with Gasteiger partial charge in [0.1, 0.15) is 11.6 Å². The van der Waals surface area contributed by atoms with E-state index in [0.717, 1.165) is 0 Å². The van der Waals surface area contributed by atoms with Crippen LogP contribution in [0.15, 0.2) is 0 Å². The summed E-state index contributed by atoms with van der Waals surface area (Å²) in [6.07, 6.45) is -0.627. The molecule has 0 saturated carbocycles. The number of nitrogens with one attached hydrogen (secondary N) is 1. The molecule has 6 heteroatoms. The van der Waals surface area contributed by atoms with E-state index < -0.39 is 23.7 Å². The van der Waals surface area contributed by atoms with E-state index in [1.165, 1.54) is 5.01 Å². The van der Waals surface area contributed by atoms with Crippen LogP contribution in [0.25, 0.3) is 0 Å². The van der Waals surface area contributed by atoms with E-state index in [9.17, 15) is 9.59 Å². The Morgan fingerprint density at radius 3 is 2.27 bits per heavy atom. The van der Waals surface area contributed by atoms with Gasteiger partial charge < -0.3 is 9.84 Å². The molecule has 86 valence electrons. The largest absolute Gasteiger partial charge is 0.480 e. The fourth-order valence-electron chi connectivity index (χ4n) is 1.25. The van der Waals surface area contributed by atoms with Gasteiger partial charge in [0, 0.05) is 0 Å². The minimum atomic E-state index is -0.946. The number of carboxylic acids is 1. The molecule has 0 aromatic heterocycles. The van der Waals surface area contributed by atoms with Crippen molar-refractivity contribution in [1.29, 1.82) is 0 Å². The molecule has 0 aromatic rings. The zero-order chi connectivity index (χ0) is 11.8. The molecule has 0 bridgehead atoms. The summed E-state index contributed by atoms with van der Waals surface area (Å²) in [7, 11) is 0. The zero-order valence-corrected chi connectivity index (χ0v) is 9.27. The second-order valence-electron chi connectivity index (χ2n) is 4.54. The van der Waals surface area contributed by atoms with Crippen molar-refractivity contribution in [2.75, 3.05) is 0 Å². The van der Waals surface area contributed by atoms with E-state index in [2.05, 4.69) is 5.43 Å². The summed E-state index contributed by atoms with van der Waals surface area (Å²) in [5.41, 5.74) is 1.80. The third-order valence-electron chi connectivity index (χ3n) is 1.98. The Labute approximate surface area is 88.2 Å². The van der Waals surface area contributed by atoms with E-state index in [0.29, 0.717) is 0 Å². The lowest BCUT2D eigenvalue weighted by atomic mass is 10.2. The SMILES string of the molecule is C[C@H]1[C@@H](C(=O)O)N1NC(=O)OC(C)(C)C. The summed E-state index contributed by atoms with van der Waals surface area (Å²) >= 11 is 0. The molecule has 1 rings (SSSR count). The first kappa shape index (κ1) is 11.8. The highest BCUT2D eigenvalue weighted by atomic mass is 16.6. The molecule has 0 aromatic carbocycles. The number of ether oxygens (including phenoxy) is 1. The third-order valence-corrected chi connectivity index (χ3v) is 1.98. The van der Waals surface area contributed by atoms with Crippen molar-refractivity contribution in [3.8, 4) is 0 Å². The summed E-state index contributed by atoms with van der Waals surface area (Å²) in [6.45, 7) is 6.95. The molecular formula is C9H16N2O4. The molecule has 0 aliphatic carbocycles.